The first kappa shape index (κ1) is 9.65. The minimum absolute atomic E-state index is 0.766. The zero-order valence-electron chi connectivity index (χ0n) is 8.86. The Bertz CT molecular complexity index is 475. The summed E-state index contributed by atoms with van der Waals surface area (Å²) in [7, 11) is 0. The van der Waals surface area contributed by atoms with Crippen LogP contribution in [0.1, 0.15) is 11.4 Å². The van der Waals surface area contributed by atoms with E-state index in [-0.39, 0.29) is 0 Å². The molecule has 2 N–H and O–H groups in total. The minimum atomic E-state index is 0.766. The van der Waals surface area contributed by atoms with Crippen LogP contribution in [-0.4, -0.2) is 9.97 Å². The van der Waals surface area contributed by atoms with E-state index in [1.807, 2.05) is 44.3 Å². The second-order valence-electron chi connectivity index (χ2n) is 3.57. The number of nitrogens with zero attached hydrogens (tertiary/aromatic N) is 2. The number of aromatic nitrogens is 2. The molecular formula is C12H13N3. The quantitative estimate of drug-likeness (QED) is 0.717. The Morgan fingerprint density at radius 2 is 1.73 bits per heavy atom. The number of aryl methyl sites for hydroxylation is 2. The Labute approximate surface area is 89.0 Å². The molecule has 0 amide bonds. The molecule has 0 fully saturated rings. The summed E-state index contributed by atoms with van der Waals surface area (Å²) in [5.41, 5.74) is 9.53. The standard InChI is InChI=1S/C12H13N3/c1-8-7-14-9(2)15-12(8)10-3-5-11(13)6-4-10/h3-7H,13H2,1-2H3. The van der Waals surface area contributed by atoms with Gasteiger partial charge in [-0.25, -0.2) is 9.97 Å². The smallest absolute Gasteiger partial charge is 0.125 e. The summed E-state index contributed by atoms with van der Waals surface area (Å²) in [6.45, 7) is 3.89. The van der Waals surface area contributed by atoms with Gasteiger partial charge in [-0.2, -0.15) is 0 Å². The maximum absolute atomic E-state index is 5.64. The van der Waals surface area contributed by atoms with Crippen LogP contribution < -0.4 is 5.73 Å². The van der Waals surface area contributed by atoms with Crippen molar-refractivity contribution < 1.29 is 0 Å². The largest absolute Gasteiger partial charge is 0.399 e. The van der Waals surface area contributed by atoms with Gasteiger partial charge in [-0.15, -0.1) is 0 Å². The van der Waals surface area contributed by atoms with Crippen molar-refractivity contribution in [3.05, 3.63) is 41.9 Å². The van der Waals surface area contributed by atoms with Crippen molar-refractivity contribution in [3.63, 3.8) is 0 Å². The third-order valence-corrected chi connectivity index (χ3v) is 2.28. The molecule has 0 spiro atoms. The van der Waals surface area contributed by atoms with Crippen LogP contribution in [0.15, 0.2) is 30.5 Å². The van der Waals surface area contributed by atoms with Gasteiger partial charge in [0.25, 0.3) is 0 Å². The van der Waals surface area contributed by atoms with E-state index in [0.29, 0.717) is 0 Å². The molecular weight excluding hydrogens is 186 g/mol. The lowest BCUT2D eigenvalue weighted by atomic mass is 10.1. The van der Waals surface area contributed by atoms with Crippen molar-refractivity contribution in [2.24, 2.45) is 0 Å². The third kappa shape index (κ3) is 1.96. The molecule has 15 heavy (non-hydrogen) atoms. The Hall–Kier alpha value is -1.90. The highest BCUT2D eigenvalue weighted by Crippen LogP contribution is 2.21. The fraction of sp³-hybridized carbons (Fsp3) is 0.167. The topological polar surface area (TPSA) is 51.8 Å². The fourth-order valence-corrected chi connectivity index (χ4v) is 1.46. The Morgan fingerprint density at radius 3 is 2.40 bits per heavy atom. The molecule has 3 nitrogen and oxygen atoms in total. The van der Waals surface area contributed by atoms with Crippen LogP contribution in [0, 0.1) is 13.8 Å². The molecule has 0 aliphatic carbocycles. The van der Waals surface area contributed by atoms with E-state index >= 15 is 0 Å². The summed E-state index contributed by atoms with van der Waals surface area (Å²) in [5, 5.41) is 0. The zero-order chi connectivity index (χ0) is 10.8. The molecule has 1 aromatic carbocycles. The van der Waals surface area contributed by atoms with Gasteiger partial charge in [-0.05, 0) is 31.5 Å². The van der Waals surface area contributed by atoms with Gasteiger partial charge in [-0.3, -0.25) is 0 Å². The normalized spacial score (nSPS) is 10.3. The van der Waals surface area contributed by atoms with Crippen molar-refractivity contribution in [2.45, 2.75) is 13.8 Å². The molecule has 1 heterocycles. The van der Waals surface area contributed by atoms with Crippen LogP contribution in [-0.2, 0) is 0 Å². The molecule has 2 aromatic rings. The van der Waals surface area contributed by atoms with E-state index in [2.05, 4.69) is 9.97 Å². The number of hydrogen-bond acceptors (Lipinski definition) is 3. The molecule has 0 saturated carbocycles. The molecule has 3 heteroatoms. The first-order chi connectivity index (χ1) is 7.16. The van der Waals surface area contributed by atoms with Gasteiger partial charge in [-0.1, -0.05) is 12.1 Å². The highest BCUT2D eigenvalue weighted by Gasteiger charge is 2.03. The number of nitrogens with two attached hydrogens (primary N) is 1. The van der Waals surface area contributed by atoms with Crippen LogP contribution in [0.4, 0.5) is 5.69 Å². The van der Waals surface area contributed by atoms with Gasteiger partial charge >= 0.3 is 0 Å². The molecule has 0 bridgehead atoms. The lowest BCUT2D eigenvalue weighted by Crippen LogP contribution is -1.94. The van der Waals surface area contributed by atoms with E-state index in [1.165, 1.54) is 0 Å². The van der Waals surface area contributed by atoms with Crippen LogP contribution in [0.3, 0.4) is 0 Å². The van der Waals surface area contributed by atoms with Gasteiger partial charge in [0.2, 0.25) is 0 Å². The lowest BCUT2D eigenvalue weighted by molar-refractivity contribution is 1.04. The maximum atomic E-state index is 5.64. The lowest BCUT2D eigenvalue weighted by Gasteiger charge is -2.05. The van der Waals surface area contributed by atoms with E-state index in [0.717, 1.165) is 28.3 Å². The average molecular weight is 199 g/mol. The molecule has 1 aromatic heterocycles. The van der Waals surface area contributed by atoms with E-state index < -0.39 is 0 Å². The Kier molecular flexibility index (Phi) is 2.37. The molecule has 0 saturated heterocycles. The number of rotatable bonds is 1. The van der Waals surface area contributed by atoms with Crippen LogP contribution in [0.2, 0.25) is 0 Å². The summed E-state index contributed by atoms with van der Waals surface area (Å²) in [6.07, 6.45) is 1.84. The molecule has 0 aliphatic rings. The second-order valence-corrected chi connectivity index (χ2v) is 3.57. The van der Waals surface area contributed by atoms with Gasteiger partial charge in [0.15, 0.2) is 0 Å². The van der Waals surface area contributed by atoms with Gasteiger partial charge < -0.3 is 5.73 Å². The zero-order valence-corrected chi connectivity index (χ0v) is 8.86. The van der Waals surface area contributed by atoms with Gasteiger partial charge in [0, 0.05) is 17.4 Å². The van der Waals surface area contributed by atoms with Gasteiger partial charge in [0.05, 0.1) is 5.69 Å². The summed E-state index contributed by atoms with van der Waals surface area (Å²) < 4.78 is 0. The fourth-order valence-electron chi connectivity index (χ4n) is 1.46. The maximum Gasteiger partial charge on any atom is 0.125 e. The van der Waals surface area contributed by atoms with Crippen LogP contribution >= 0.6 is 0 Å². The summed E-state index contributed by atoms with van der Waals surface area (Å²) in [5.74, 6) is 0.785. The van der Waals surface area contributed by atoms with Crippen LogP contribution in [0.5, 0.6) is 0 Å². The van der Waals surface area contributed by atoms with E-state index in [1.54, 1.807) is 0 Å². The van der Waals surface area contributed by atoms with Crippen molar-refractivity contribution in [2.75, 3.05) is 5.73 Å². The number of hydrogen-bond donors (Lipinski definition) is 1. The summed E-state index contributed by atoms with van der Waals surface area (Å²) >= 11 is 0. The molecule has 0 radical (unpaired) electrons. The predicted molar refractivity (Wildman–Crippen MR) is 61.4 cm³/mol. The summed E-state index contributed by atoms with van der Waals surface area (Å²) in [6, 6.07) is 7.71. The van der Waals surface area contributed by atoms with Crippen molar-refractivity contribution in [3.8, 4) is 11.3 Å². The third-order valence-electron chi connectivity index (χ3n) is 2.28. The number of benzene rings is 1. The Morgan fingerprint density at radius 1 is 1.07 bits per heavy atom. The minimum Gasteiger partial charge on any atom is -0.399 e. The first-order valence-corrected chi connectivity index (χ1v) is 4.83. The second kappa shape index (κ2) is 3.69. The highest BCUT2D eigenvalue weighted by molar-refractivity contribution is 5.64. The molecule has 0 aliphatic heterocycles. The SMILES string of the molecule is Cc1ncc(C)c(-c2ccc(N)cc2)n1. The van der Waals surface area contributed by atoms with Crippen molar-refractivity contribution in [1.29, 1.82) is 0 Å². The van der Waals surface area contributed by atoms with Gasteiger partial charge in [0.1, 0.15) is 5.82 Å². The molecule has 76 valence electrons. The monoisotopic (exact) mass is 199 g/mol. The molecule has 2 rings (SSSR count). The van der Waals surface area contributed by atoms with Crippen molar-refractivity contribution in [1.82, 2.24) is 9.97 Å². The molecule has 0 atom stereocenters. The summed E-state index contributed by atoms with van der Waals surface area (Å²) in [4.78, 5) is 8.57. The number of nitrogen functional groups attached to an aromatic ring is 1. The highest BCUT2D eigenvalue weighted by atomic mass is 14.9. The number of anilines is 1. The predicted octanol–water partition coefficient (Wildman–Crippen LogP) is 2.34. The average Bonchev–Trinajstić information content (AvgIpc) is 2.23. The first-order valence-electron chi connectivity index (χ1n) is 4.83. The van der Waals surface area contributed by atoms with E-state index in [4.69, 9.17) is 5.73 Å². The van der Waals surface area contributed by atoms with E-state index in [9.17, 15) is 0 Å². The van der Waals surface area contributed by atoms with Crippen LogP contribution in [0.25, 0.3) is 11.3 Å². The van der Waals surface area contributed by atoms with Crippen molar-refractivity contribution >= 4 is 5.69 Å². The Balaban J connectivity index is 2.53. The molecule has 0 unspecified atom stereocenters.